The number of nitrogens with zero attached hydrogens (tertiary/aromatic N) is 5. The Morgan fingerprint density at radius 2 is 1.88 bits per heavy atom. The molecular formula is C24H25N7O3. The first-order valence-corrected chi connectivity index (χ1v) is 11.1. The third kappa shape index (κ3) is 4.41. The highest BCUT2D eigenvalue weighted by Gasteiger charge is 2.27. The molecule has 0 unspecified atom stereocenters. The van der Waals surface area contributed by atoms with Gasteiger partial charge in [0.25, 0.3) is 5.91 Å². The van der Waals surface area contributed by atoms with Crippen molar-refractivity contribution in [3.05, 3.63) is 60.9 Å². The quantitative estimate of drug-likeness (QED) is 0.296. The van der Waals surface area contributed by atoms with E-state index < -0.39 is 5.91 Å². The number of aromatic nitrogens is 4. The number of likely N-dealkylation sites (tertiary alicyclic amines) is 1. The van der Waals surface area contributed by atoms with Crippen LogP contribution in [0.4, 0.5) is 5.82 Å². The number of nitrogens with two attached hydrogens (primary N) is 1. The van der Waals surface area contributed by atoms with Crippen molar-refractivity contribution in [3.8, 4) is 22.8 Å². The molecule has 10 heteroatoms. The van der Waals surface area contributed by atoms with Crippen molar-refractivity contribution < 1.29 is 14.7 Å². The lowest BCUT2D eigenvalue weighted by Crippen LogP contribution is -2.42. The number of hydroxylamine groups is 1. The first-order valence-electron chi connectivity index (χ1n) is 11.1. The monoisotopic (exact) mass is 459 g/mol. The number of carbonyl (C=O) groups excluding carboxylic acids is 1. The van der Waals surface area contributed by atoms with Crippen LogP contribution in [0, 0.1) is 0 Å². The third-order valence-corrected chi connectivity index (χ3v) is 5.94. The Morgan fingerprint density at radius 1 is 1.12 bits per heavy atom. The van der Waals surface area contributed by atoms with Gasteiger partial charge in [-0.2, -0.15) is 5.10 Å². The van der Waals surface area contributed by atoms with Crippen molar-refractivity contribution >= 4 is 22.8 Å². The highest BCUT2D eigenvalue weighted by atomic mass is 16.5. The predicted octanol–water partition coefficient (Wildman–Crippen LogP) is 3.01. The summed E-state index contributed by atoms with van der Waals surface area (Å²) in [6.07, 6.45) is 3.23. The summed E-state index contributed by atoms with van der Waals surface area (Å²) in [6, 6.07) is 17.3. The summed E-state index contributed by atoms with van der Waals surface area (Å²) in [7, 11) is 0. The molecule has 174 valence electrons. The van der Waals surface area contributed by atoms with E-state index in [9.17, 15) is 4.79 Å². The molecule has 10 nitrogen and oxygen atoms in total. The fourth-order valence-electron chi connectivity index (χ4n) is 4.37. The number of hydrogen-bond donors (Lipinski definition) is 3. The summed E-state index contributed by atoms with van der Waals surface area (Å²) >= 11 is 0. The highest BCUT2D eigenvalue weighted by molar-refractivity contribution is 5.98. The number of ether oxygens (including phenoxy) is 1. The van der Waals surface area contributed by atoms with E-state index in [4.69, 9.17) is 20.8 Å². The Kier molecular flexibility index (Phi) is 6.07. The van der Waals surface area contributed by atoms with Crippen molar-refractivity contribution in [1.29, 1.82) is 0 Å². The molecule has 4 aromatic rings. The summed E-state index contributed by atoms with van der Waals surface area (Å²) in [4.78, 5) is 22.3. The Bertz CT molecular complexity index is 1290. The van der Waals surface area contributed by atoms with Crippen LogP contribution in [0.2, 0.25) is 0 Å². The molecule has 0 bridgehead atoms. The van der Waals surface area contributed by atoms with E-state index in [1.807, 2.05) is 64.2 Å². The molecule has 1 atom stereocenters. The van der Waals surface area contributed by atoms with Crippen LogP contribution in [0.1, 0.15) is 18.9 Å². The van der Waals surface area contributed by atoms with Crippen molar-refractivity contribution in [2.45, 2.75) is 18.9 Å². The molecule has 3 heterocycles. The molecular weight excluding hydrogens is 434 g/mol. The van der Waals surface area contributed by atoms with Crippen LogP contribution < -0.4 is 16.0 Å². The van der Waals surface area contributed by atoms with Crippen LogP contribution in [0.15, 0.2) is 60.9 Å². The molecule has 1 saturated heterocycles. The number of fused-ring (bicyclic) bond motifs is 1. The first-order chi connectivity index (χ1) is 16.6. The van der Waals surface area contributed by atoms with Crippen LogP contribution >= 0.6 is 0 Å². The van der Waals surface area contributed by atoms with Crippen molar-refractivity contribution in [1.82, 2.24) is 30.1 Å². The normalized spacial score (nSPS) is 16.4. The van der Waals surface area contributed by atoms with E-state index in [0.717, 1.165) is 30.7 Å². The maximum absolute atomic E-state index is 11.6. The van der Waals surface area contributed by atoms with E-state index >= 15 is 0 Å². The van der Waals surface area contributed by atoms with Gasteiger partial charge in [0, 0.05) is 12.1 Å². The Labute approximate surface area is 195 Å². The van der Waals surface area contributed by atoms with Crippen molar-refractivity contribution in [2.24, 2.45) is 0 Å². The van der Waals surface area contributed by atoms with Crippen molar-refractivity contribution in [2.75, 3.05) is 25.4 Å². The lowest BCUT2D eigenvalue weighted by atomic mass is 10.1. The maximum Gasteiger partial charge on any atom is 0.257 e. The first kappa shape index (κ1) is 21.8. The largest absolute Gasteiger partial charge is 0.457 e. The van der Waals surface area contributed by atoms with E-state index in [2.05, 4.69) is 9.97 Å². The molecule has 4 N–H and O–H groups in total. The predicted molar refractivity (Wildman–Crippen MR) is 126 cm³/mol. The zero-order valence-electron chi connectivity index (χ0n) is 18.5. The van der Waals surface area contributed by atoms with Gasteiger partial charge in [-0.15, -0.1) is 0 Å². The molecule has 34 heavy (non-hydrogen) atoms. The fraction of sp³-hybridized carbons (Fsp3) is 0.250. The molecule has 0 radical (unpaired) electrons. The van der Waals surface area contributed by atoms with E-state index in [-0.39, 0.29) is 12.6 Å². The lowest BCUT2D eigenvalue weighted by molar-refractivity contribution is -0.130. The SMILES string of the molecule is Nc1ncnc2c1c(-c1ccc(Oc3ccccc3)cc1)nn2[C@H]1CCCN(CC(=O)NO)C1. The lowest BCUT2D eigenvalue weighted by Gasteiger charge is -2.32. The zero-order valence-corrected chi connectivity index (χ0v) is 18.5. The Hall–Kier alpha value is -4.02. The number of amides is 1. The van der Waals surface area contributed by atoms with Gasteiger partial charge < -0.3 is 10.5 Å². The molecule has 1 aliphatic rings. The number of anilines is 1. The minimum absolute atomic E-state index is 0.00600. The molecule has 1 aliphatic heterocycles. The summed E-state index contributed by atoms with van der Waals surface area (Å²) in [5.74, 6) is 1.41. The summed E-state index contributed by atoms with van der Waals surface area (Å²) < 4.78 is 7.79. The van der Waals surface area contributed by atoms with Crippen LogP contribution in [0.5, 0.6) is 11.5 Å². The molecule has 0 saturated carbocycles. The molecule has 1 amide bonds. The molecule has 5 rings (SSSR count). The van der Waals surface area contributed by atoms with Crippen LogP contribution in [-0.2, 0) is 4.79 Å². The second-order valence-electron chi connectivity index (χ2n) is 8.26. The van der Waals surface area contributed by atoms with Gasteiger partial charge in [0.1, 0.15) is 29.3 Å². The van der Waals surface area contributed by atoms with Crippen LogP contribution in [0.3, 0.4) is 0 Å². The average molecular weight is 460 g/mol. The number of para-hydroxylation sites is 1. The van der Waals surface area contributed by atoms with Gasteiger partial charge in [-0.1, -0.05) is 18.2 Å². The second kappa shape index (κ2) is 9.46. The number of nitrogen functional groups attached to an aromatic ring is 1. The molecule has 2 aromatic heterocycles. The van der Waals surface area contributed by atoms with E-state index in [1.54, 1.807) is 5.48 Å². The van der Waals surface area contributed by atoms with Gasteiger partial charge >= 0.3 is 0 Å². The number of rotatable bonds is 6. The van der Waals surface area contributed by atoms with Gasteiger partial charge in [0.2, 0.25) is 0 Å². The number of carbonyl (C=O) groups is 1. The van der Waals surface area contributed by atoms with E-state index in [1.165, 1.54) is 6.33 Å². The van der Waals surface area contributed by atoms with Gasteiger partial charge in [-0.05, 0) is 55.8 Å². The molecule has 0 spiro atoms. The number of piperidine rings is 1. The van der Waals surface area contributed by atoms with Crippen LogP contribution in [0.25, 0.3) is 22.3 Å². The number of hydrogen-bond acceptors (Lipinski definition) is 8. The molecule has 0 aliphatic carbocycles. The smallest absolute Gasteiger partial charge is 0.257 e. The summed E-state index contributed by atoms with van der Waals surface area (Å²) in [6.45, 7) is 1.51. The van der Waals surface area contributed by atoms with Gasteiger partial charge in [-0.3, -0.25) is 14.9 Å². The Morgan fingerprint density at radius 3 is 2.65 bits per heavy atom. The average Bonchev–Trinajstić information content (AvgIpc) is 3.26. The zero-order chi connectivity index (χ0) is 23.5. The van der Waals surface area contributed by atoms with Gasteiger partial charge in [0.05, 0.1) is 18.0 Å². The van der Waals surface area contributed by atoms with Gasteiger partial charge in [-0.25, -0.2) is 20.1 Å². The summed E-state index contributed by atoms with van der Waals surface area (Å²) in [5, 5.41) is 14.5. The van der Waals surface area contributed by atoms with Crippen LogP contribution in [-0.4, -0.2) is 55.4 Å². The number of nitrogens with one attached hydrogen (secondary N) is 1. The topological polar surface area (TPSA) is 131 Å². The minimum Gasteiger partial charge on any atom is -0.457 e. The number of benzene rings is 2. The standard InChI is InChI=1S/C24H25N7O3/c25-23-21-22(16-8-10-19(11-9-16)34-18-6-2-1-3-7-18)28-31(24(21)27-15-26-23)17-5-4-12-30(13-17)14-20(32)29-33/h1-3,6-11,15,17,33H,4-5,12-14H2,(H,29,32)(H2,25,26,27)/t17-/m0/s1. The minimum atomic E-state index is -0.434. The second-order valence-corrected chi connectivity index (χ2v) is 8.26. The highest BCUT2D eigenvalue weighted by Crippen LogP contribution is 2.34. The van der Waals surface area contributed by atoms with Gasteiger partial charge in [0.15, 0.2) is 5.65 Å². The Balaban J connectivity index is 1.46. The molecule has 1 fully saturated rings. The summed E-state index contributed by atoms with van der Waals surface area (Å²) in [5.41, 5.74) is 10.2. The van der Waals surface area contributed by atoms with Crippen molar-refractivity contribution in [3.63, 3.8) is 0 Å². The molecule has 2 aromatic carbocycles. The third-order valence-electron chi connectivity index (χ3n) is 5.94. The fourth-order valence-corrected chi connectivity index (χ4v) is 4.37. The maximum atomic E-state index is 11.6. The van der Waals surface area contributed by atoms with E-state index in [0.29, 0.717) is 34.8 Å².